The number of amides is 1. The summed E-state index contributed by atoms with van der Waals surface area (Å²) in [5.41, 5.74) is 0.227. The SMILES string of the molecule is Cc1csc(C(=O)NC(C)(C)C(C)O)c1Cl. The zero-order chi connectivity index (χ0) is 12.5. The number of aliphatic hydroxyl groups is 1. The number of hydrogen-bond donors (Lipinski definition) is 2. The predicted molar refractivity (Wildman–Crippen MR) is 67.3 cm³/mol. The van der Waals surface area contributed by atoms with Crippen LogP contribution in [-0.2, 0) is 0 Å². The number of aryl methyl sites for hydroxylation is 1. The first kappa shape index (κ1) is 13.5. The Labute approximate surface area is 104 Å². The average Bonchev–Trinajstić information content (AvgIpc) is 2.46. The lowest BCUT2D eigenvalue weighted by Crippen LogP contribution is -2.50. The van der Waals surface area contributed by atoms with Crippen LogP contribution in [0.4, 0.5) is 0 Å². The van der Waals surface area contributed by atoms with Gasteiger partial charge in [-0.1, -0.05) is 11.6 Å². The van der Waals surface area contributed by atoms with Crippen LogP contribution in [0.1, 0.15) is 36.0 Å². The molecule has 0 aliphatic heterocycles. The molecule has 0 saturated carbocycles. The quantitative estimate of drug-likeness (QED) is 0.879. The molecule has 1 heterocycles. The number of hydrogen-bond acceptors (Lipinski definition) is 3. The van der Waals surface area contributed by atoms with E-state index in [1.165, 1.54) is 11.3 Å². The first-order valence-corrected chi connectivity index (χ1v) is 6.25. The third kappa shape index (κ3) is 2.75. The molecule has 0 aliphatic rings. The van der Waals surface area contributed by atoms with E-state index in [9.17, 15) is 9.90 Å². The molecule has 0 bridgehead atoms. The third-order valence-corrected chi connectivity index (χ3v) is 4.28. The minimum Gasteiger partial charge on any atom is -0.391 e. The van der Waals surface area contributed by atoms with Crippen molar-refractivity contribution in [2.45, 2.75) is 39.3 Å². The molecule has 1 aromatic rings. The second kappa shape index (κ2) is 4.73. The van der Waals surface area contributed by atoms with Gasteiger partial charge in [-0.3, -0.25) is 4.79 Å². The number of halogens is 1. The molecule has 0 aromatic carbocycles. The fourth-order valence-electron chi connectivity index (χ4n) is 1.04. The lowest BCUT2D eigenvalue weighted by Gasteiger charge is -2.29. The summed E-state index contributed by atoms with van der Waals surface area (Å²) in [6.45, 7) is 7.03. The molecular formula is C11H16ClNO2S. The van der Waals surface area contributed by atoms with Crippen LogP contribution in [0.5, 0.6) is 0 Å². The fourth-order valence-corrected chi connectivity index (χ4v) is 2.21. The van der Waals surface area contributed by atoms with Crippen molar-refractivity contribution in [2.24, 2.45) is 0 Å². The van der Waals surface area contributed by atoms with Gasteiger partial charge in [-0.05, 0) is 38.6 Å². The molecule has 1 rings (SSSR count). The Balaban J connectivity index is 2.85. The van der Waals surface area contributed by atoms with Crippen molar-refractivity contribution in [3.8, 4) is 0 Å². The van der Waals surface area contributed by atoms with Crippen molar-refractivity contribution in [2.75, 3.05) is 0 Å². The summed E-state index contributed by atoms with van der Waals surface area (Å²) in [4.78, 5) is 12.4. The van der Waals surface area contributed by atoms with Crippen molar-refractivity contribution >= 4 is 28.8 Å². The first-order valence-electron chi connectivity index (χ1n) is 5.00. The monoisotopic (exact) mass is 261 g/mol. The predicted octanol–water partition coefficient (Wildman–Crippen LogP) is 2.60. The summed E-state index contributed by atoms with van der Waals surface area (Å²) in [5.74, 6) is -0.242. The molecular weight excluding hydrogens is 246 g/mol. The Hall–Kier alpha value is -0.580. The molecule has 2 N–H and O–H groups in total. The van der Waals surface area contributed by atoms with Gasteiger partial charge in [0.1, 0.15) is 4.88 Å². The maximum absolute atomic E-state index is 11.9. The van der Waals surface area contributed by atoms with Gasteiger partial charge >= 0.3 is 0 Å². The molecule has 0 spiro atoms. The zero-order valence-corrected chi connectivity index (χ0v) is 11.4. The molecule has 0 aliphatic carbocycles. The summed E-state index contributed by atoms with van der Waals surface area (Å²) in [6.07, 6.45) is -0.628. The minimum absolute atomic E-state index is 0.242. The van der Waals surface area contributed by atoms with Crippen molar-refractivity contribution in [1.82, 2.24) is 5.32 Å². The number of thiophene rings is 1. The third-order valence-electron chi connectivity index (χ3n) is 2.59. The van der Waals surface area contributed by atoms with E-state index in [4.69, 9.17) is 11.6 Å². The van der Waals surface area contributed by atoms with E-state index in [0.717, 1.165) is 5.56 Å². The molecule has 1 aromatic heterocycles. The maximum Gasteiger partial charge on any atom is 0.263 e. The maximum atomic E-state index is 11.9. The highest BCUT2D eigenvalue weighted by Gasteiger charge is 2.28. The highest BCUT2D eigenvalue weighted by atomic mass is 35.5. The molecule has 0 radical (unpaired) electrons. The Morgan fingerprint density at radius 2 is 2.19 bits per heavy atom. The molecule has 5 heteroatoms. The van der Waals surface area contributed by atoms with Crippen LogP contribution >= 0.6 is 22.9 Å². The number of rotatable bonds is 3. The zero-order valence-electron chi connectivity index (χ0n) is 9.80. The summed E-state index contributed by atoms with van der Waals surface area (Å²) in [5, 5.41) is 14.6. The molecule has 1 atom stereocenters. The summed E-state index contributed by atoms with van der Waals surface area (Å²) >= 11 is 7.31. The Kier molecular flexibility index (Phi) is 3.99. The van der Waals surface area contributed by atoms with Gasteiger partial charge in [0.25, 0.3) is 5.91 Å². The molecule has 3 nitrogen and oxygen atoms in total. The van der Waals surface area contributed by atoms with Crippen LogP contribution < -0.4 is 5.32 Å². The second-order valence-electron chi connectivity index (χ2n) is 4.41. The van der Waals surface area contributed by atoms with Gasteiger partial charge in [0.05, 0.1) is 16.7 Å². The van der Waals surface area contributed by atoms with Crippen LogP contribution in [0, 0.1) is 6.92 Å². The second-order valence-corrected chi connectivity index (χ2v) is 5.67. The topological polar surface area (TPSA) is 49.3 Å². The minimum atomic E-state index is -0.668. The van der Waals surface area contributed by atoms with E-state index >= 15 is 0 Å². The molecule has 0 fully saturated rings. The smallest absolute Gasteiger partial charge is 0.263 e. The van der Waals surface area contributed by atoms with E-state index in [1.807, 2.05) is 12.3 Å². The van der Waals surface area contributed by atoms with Gasteiger partial charge in [-0.25, -0.2) is 0 Å². The molecule has 90 valence electrons. The summed E-state index contributed by atoms with van der Waals surface area (Å²) in [6, 6.07) is 0. The molecule has 0 saturated heterocycles. The van der Waals surface area contributed by atoms with E-state index in [1.54, 1.807) is 20.8 Å². The fraction of sp³-hybridized carbons (Fsp3) is 0.545. The lowest BCUT2D eigenvalue weighted by atomic mass is 9.99. The largest absolute Gasteiger partial charge is 0.391 e. The number of carbonyl (C=O) groups excluding carboxylic acids is 1. The van der Waals surface area contributed by atoms with E-state index in [-0.39, 0.29) is 5.91 Å². The van der Waals surface area contributed by atoms with E-state index in [2.05, 4.69) is 5.32 Å². The van der Waals surface area contributed by atoms with Crippen LogP contribution in [0.3, 0.4) is 0 Å². The standard InChI is InChI=1S/C11H16ClNO2S/c1-6-5-16-9(8(6)12)10(15)13-11(3,4)7(2)14/h5,7,14H,1-4H3,(H,13,15). The molecule has 16 heavy (non-hydrogen) atoms. The van der Waals surface area contributed by atoms with Gasteiger partial charge < -0.3 is 10.4 Å². The van der Waals surface area contributed by atoms with Crippen molar-refractivity contribution in [3.05, 3.63) is 20.8 Å². The van der Waals surface area contributed by atoms with Gasteiger partial charge in [-0.2, -0.15) is 0 Å². The van der Waals surface area contributed by atoms with Crippen LogP contribution in [0.2, 0.25) is 5.02 Å². The van der Waals surface area contributed by atoms with E-state index < -0.39 is 11.6 Å². The normalized spacial score (nSPS) is 13.6. The van der Waals surface area contributed by atoms with Crippen LogP contribution in [-0.4, -0.2) is 22.7 Å². The van der Waals surface area contributed by atoms with E-state index in [0.29, 0.717) is 9.90 Å². The average molecular weight is 262 g/mol. The van der Waals surface area contributed by atoms with Gasteiger partial charge in [0, 0.05) is 0 Å². The van der Waals surface area contributed by atoms with Gasteiger partial charge in [0.15, 0.2) is 0 Å². The Bertz CT molecular complexity index is 399. The molecule has 1 amide bonds. The first-order chi connectivity index (χ1) is 7.25. The number of aliphatic hydroxyl groups excluding tert-OH is 1. The van der Waals surface area contributed by atoms with Gasteiger partial charge in [-0.15, -0.1) is 11.3 Å². The Morgan fingerprint density at radius 1 is 1.62 bits per heavy atom. The van der Waals surface area contributed by atoms with Crippen molar-refractivity contribution in [3.63, 3.8) is 0 Å². The Morgan fingerprint density at radius 3 is 2.56 bits per heavy atom. The highest BCUT2D eigenvalue weighted by molar-refractivity contribution is 7.13. The summed E-state index contributed by atoms with van der Waals surface area (Å²) < 4.78 is 0. The number of carbonyl (C=O) groups is 1. The van der Waals surface area contributed by atoms with Crippen molar-refractivity contribution in [1.29, 1.82) is 0 Å². The summed E-state index contributed by atoms with van der Waals surface area (Å²) in [7, 11) is 0. The van der Waals surface area contributed by atoms with Crippen molar-refractivity contribution < 1.29 is 9.90 Å². The van der Waals surface area contributed by atoms with Crippen LogP contribution in [0.25, 0.3) is 0 Å². The number of nitrogens with one attached hydrogen (secondary N) is 1. The molecule has 1 unspecified atom stereocenters. The lowest BCUT2D eigenvalue weighted by molar-refractivity contribution is 0.0713. The van der Waals surface area contributed by atoms with Gasteiger partial charge in [0.2, 0.25) is 0 Å². The highest BCUT2D eigenvalue weighted by Crippen LogP contribution is 2.27. The van der Waals surface area contributed by atoms with Crippen LogP contribution in [0.15, 0.2) is 5.38 Å².